The lowest BCUT2D eigenvalue weighted by Crippen LogP contribution is -2.66. The molecule has 0 bridgehead atoms. The van der Waals surface area contributed by atoms with E-state index in [1.54, 1.807) is 12.7 Å². The molecule has 214 valence electrons. The third kappa shape index (κ3) is 3.31. The highest BCUT2D eigenvalue weighted by Crippen LogP contribution is 2.76. The Morgan fingerprint density at radius 3 is 2.24 bits per heavy atom. The molecule has 0 radical (unpaired) electrons. The summed E-state index contributed by atoms with van der Waals surface area (Å²) in [6, 6.07) is 0. The highest BCUT2D eigenvalue weighted by atomic mass is 16.8. The van der Waals surface area contributed by atoms with Gasteiger partial charge in [0.25, 0.3) is 0 Å². The molecule has 0 aromatic rings. The van der Waals surface area contributed by atoms with Crippen molar-refractivity contribution in [3.63, 3.8) is 0 Å². The summed E-state index contributed by atoms with van der Waals surface area (Å²) in [5.74, 6) is 1.08. The van der Waals surface area contributed by atoms with Crippen LogP contribution in [-0.4, -0.2) is 31.1 Å². The fraction of sp³-hybridized carbons (Fsp3) is 0.912. The maximum absolute atomic E-state index is 13.5. The summed E-state index contributed by atoms with van der Waals surface area (Å²) < 4.78 is 18.7. The molecule has 1 heterocycles. The number of carbonyl (C=O) groups excluding carboxylic acids is 1. The first-order chi connectivity index (χ1) is 17.5. The monoisotopic (exact) mass is 526 g/mol. The molecule has 1 saturated heterocycles. The number of esters is 1. The molecule has 0 aromatic heterocycles. The predicted molar refractivity (Wildman–Crippen MR) is 150 cm³/mol. The Hall–Kier alpha value is -0.870. The molecule has 6 rings (SSSR count). The van der Waals surface area contributed by atoms with Crippen LogP contribution in [0.2, 0.25) is 0 Å². The molecule has 5 fully saturated rings. The molecule has 0 aromatic carbocycles. The maximum atomic E-state index is 13.5. The second-order valence-corrected chi connectivity index (χ2v) is 17.0. The van der Waals surface area contributed by atoms with Crippen molar-refractivity contribution in [2.45, 2.75) is 138 Å². The van der Waals surface area contributed by atoms with E-state index in [2.05, 4.69) is 68.4 Å². The second kappa shape index (κ2) is 7.90. The summed E-state index contributed by atoms with van der Waals surface area (Å²) in [5.41, 5.74) is 2.15. The highest BCUT2D eigenvalue weighted by molar-refractivity contribution is 5.78. The van der Waals surface area contributed by atoms with Gasteiger partial charge in [0.15, 0.2) is 5.79 Å². The number of hydrogen-bond acceptors (Lipinski definition) is 4. The van der Waals surface area contributed by atoms with E-state index in [0.717, 1.165) is 44.9 Å². The normalized spacial score (nSPS) is 51.8. The first-order valence-corrected chi connectivity index (χ1v) is 15.6. The van der Waals surface area contributed by atoms with Crippen LogP contribution < -0.4 is 0 Å². The van der Waals surface area contributed by atoms with Gasteiger partial charge in [-0.25, -0.2) is 0 Å². The summed E-state index contributed by atoms with van der Waals surface area (Å²) in [7, 11) is 1.60. The minimum absolute atomic E-state index is 0.0463. The molecule has 4 saturated carbocycles. The number of allylic oxidation sites excluding steroid dienone is 2. The Labute approximate surface area is 232 Å². The van der Waals surface area contributed by atoms with E-state index in [0.29, 0.717) is 17.8 Å². The van der Waals surface area contributed by atoms with E-state index in [1.807, 2.05) is 0 Å². The van der Waals surface area contributed by atoms with Crippen molar-refractivity contribution in [1.82, 2.24) is 0 Å². The van der Waals surface area contributed by atoms with Gasteiger partial charge in [0.1, 0.15) is 0 Å². The minimum Gasteiger partial charge on any atom is -0.469 e. The molecule has 0 N–H and O–H groups in total. The average Bonchev–Trinajstić information content (AvgIpc) is 3.13. The molecule has 0 amide bonds. The van der Waals surface area contributed by atoms with Crippen LogP contribution in [0.15, 0.2) is 11.6 Å². The smallest absolute Gasteiger partial charge is 0.312 e. The molecule has 9 atom stereocenters. The summed E-state index contributed by atoms with van der Waals surface area (Å²) in [4.78, 5) is 13.5. The van der Waals surface area contributed by atoms with Gasteiger partial charge in [-0.15, -0.1) is 0 Å². The standard InChI is InChI=1S/C34H54O4/c1-28(2)15-17-34(27(35)36-10)18-16-32(8)21(22(34)19-28)11-12-25-31(7)20-23-26(38-30(5,6)37-23)29(3,4)24(31)13-14-33(25,32)9/h11,22-26H,12-20H2,1-10H3/t22-,23+,24+,25+,26-,31-,32+,33+,34-/m0/s1. The number of hydrogen-bond donors (Lipinski definition) is 0. The van der Waals surface area contributed by atoms with Crippen LogP contribution in [0, 0.1) is 50.2 Å². The van der Waals surface area contributed by atoms with Gasteiger partial charge in [-0.2, -0.15) is 0 Å². The van der Waals surface area contributed by atoms with Crippen LogP contribution in [0.3, 0.4) is 0 Å². The molecule has 1 aliphatic heterocycles. The lowest BCUT2D eigenvalue weighted by Gasteiger charge is -2.71. The Balaban J connectivity index is 1.43. The summed E-state index contributed by atoms with van der Waals surface area (Å²) in [6.07, 6.45) is 13.0. The van der Waals surface area contributed by atoms with Crippen LogP contribution in [0.4, 0.5) is 0 Å². The molecule has 38 heavy (non-hydrogen) atoms. The average molecular weight is 527 g/mol. The summed E-state index contributed by atoms with van der Waals surface area (Å²) in [6.45, 7) is 21.8. The zero-order valence-corrected chi connectivity index (χ0v) is 26.0. The SMILES string of the molecule is COC(=O)[C@]12CCC(C)(C)C[C@H]1C1=CC[C@@H]3[C@@]4(C)C[C@H]5OC(C)(C)O[C@@H]5C(C)(C)[C@H]4CC[C@@]3(C)[C@]1(C)CC2. The quantitative estimate of drug-likeness (QED) is 0.256. The van der Waals surface area contributed by atoms with Gasteiger partial charge < -0.3 is 14.2 Å². The van der Waals surface area contributed by atoms with Gasteiger partial charge in [0.2, 0.25) is 0 Å². The number of rotatable bonds is 1. The Bertz CT molecular complexity index is 1050. The molecule has 0 spiro atoms. The molecule has 4 nitrogen and oxygen atoms in total. The number of carbonyl (C=O) groups is 1. The number of methoxy groups -OCH3 is 1. The fourth-order valence-corrected chi connectivity index (χ4v) is 11.9. The Kier molecular flexibility index (Phi) is 5.68. The van der Waals surface area contributed by atoms with Crippen molar-refractivity contribution in [1.29, 1.82) is 0 Å². The van der Waals surface area contributed by atoms with E-state index in [9.17, 15) is 4.79 Å². The molecule has 4 heteroatoms. The lowest BCUT2D eigenvalue weighted by molar-refractivity contribution is -0.213. The van der Waals surface area contributed by atoms with E-state index in [-0.39, 0.29) is 50.7 Å². The summed E-state index contributed by atoms with van der Waals surface area (Å²) in [5, 5.41) is 0. The Morgan fingerprint density at radius 1 is 0.868 bits per heavy atom. The van der Waals surface area contributed by atoms with E-state index in [1.165, 1.54) is 12.8 Å². The van der Waals surface area contributed by atoms with Crippen molar-refractivity contribution in [2.75, 3.05) is 7.11 Å². The number of ether oxygens (including phenoxy) is 3. The van der Waals surface area contributed by atoms with Crippen LogP contribution in [-0.2, 0) is 19.0 Å². The van der Waals surface area contributed by atoms with Crippen molar-refractivity contribution in [3.8, 4) is 0 Å². The van der Waals surface area contributed by atoms with Crippen LogP contribution in [0.1, 0.15) is 120 Å². The topological polar surface area (TPSA) is 44.8 Å². The molecular weight excluding hydrogens is 472 g/mol. The van der Waals surface area contributed by atoms with Crippen molar-refractivity contribution >= 4 is 5.97 Å². The van der Waals surface area contributed by atoms with Crippen molar-refractivity contribution < 1.29 is 19.0 Å². The molecular formula is C34H54O4. The first kappa shape index (κ1) is 27.3. The molecule has 5 aliphatic carbocycles. The predicted octanol–water partition coefficient (Wildman–Crippen LogP) is 8.09. The maximum Gasteiger partial charge on any atom is 0.312 e. The molecule has 0 unspecified atom stereocenters. The third-order valence-corrected chi connectivity index (χ3v) is 14.0. The van der Waals surface area contributed by atoms with Gasteiger partial charge >= 0.3 is 5.97 Å². The second-order valence-electron chi connectivity index (χ2n) is 17.0. The van der Waals surface area contributed by atoms with Crippen molar-refractivity contribution in [3.05, 3.63) is 11.6 Å². The van der Waals surface area contributed by atoms with Gasteiger partial charge in [0.05, 0.1) is 24.7 Å². The minimum atomic E-state index is -0.500. The largest absolute Gasteiger partial charge is 0.469 e. The fourth-order valence-electron chi connectivity index (χ4n) is 11.9. The highest BCUT2D eigenvalue weighted by Gasteiger charge is 2.71. The first-order valence-electron chi connectivity index (χ1n) is 15.6. The molecule has 6 aliphatic rings. The van der Waals surface area contributed by atoms with Crippen molar-refractivity contribution in [2.24, 2.45) is 50.2 Å². The van der Waals surface area contributed by atoms with E-state index < -0.39 is 5.79 Å². The van der Waals surface area contributed by atoms with Gasteiger partial charge in [0, 0.05) is 0 Å². The lowest BCUT2D eigenvalue weighted by atomic mass is 9.33. The van der Waals surface area contributed by atoms with Crippen LogP contribution >= 0.6 is 0 Å². The zero-order valence-electron chi connectivity index (χ0n) is 26.0. The summed E-state index contributed by atoms with van der Waals surface area (Å²) >= 11 is 0. The van der Waals surface area contributed by atoms with Gasteiger partial charge in [-0.1, -0.05) is 60.1 Å². The van der Waals surface area contributed by atoms with Crippen LogP contribution in [0.25, 0.3) is 0 Å². The van der Waals surface area contributed by atoms with Gasteiger partial charge in [-0.3, -0.25) is 4.79 Å². The van der Waals surface area contributed by atoms with E-state index >= 15 is 0 Å². The Morgan fingerprint density at radius 2 is 1.55 bits per heavy atom. The number of fused-ring (bicyclic) bond motifs is 8. The van der Waals surface area contributed by atoms with E-state index in [4.69, 9.17) is 14.2 Å². The van der Waals surface area contributed by atoms with Gasteiger partial charge in [-0.05, 0) is 116 Å². The van der Waals surface area contributed by atoms with Crippen LogP contribution in [0.5, 0.6) is 0 Å². The third-order valence-electron chi connectivity index (χ3n) is 14.0. The zero-order chi connectivity index (χ0) is 27.7.